The number of fused-ring (bicyclic) bond motifs is 5. The minimum Gasteiger partial charge on any atom is -0.383 e. The van der Waals surface area contributed by atoms with E-state index >= 15 is 4.39 Å². The summed E-state index contributed by atoms with van der Waals surface area (Å²) in [6.07, 6.45) is -8.30. The molecule has 242 valence electrons. The maximum Gasteiger partial charge on any atom is 0.472 e. The molecule has 0 saturated carbocycles. The van der Waals surface area contributed by atoms with Gasteiger partial charge in [0.05, 0.1) is 24.7 Å². The number of rotatable bonds is 2. The van der Waals surface area contributed by atoms with Gasteiger partial charge < -0.3 is 43.9 Å². The number of carbonyl (C=O) groups is 1. The number of amides is 1. The number of anilines is 1. The lowest BCUT2D eigenvalue weighted by Gasteiger charge is -2.37. The first kappa shape index (κ1) is 30.8. The Bertz CT molecular complexity index is 1550. The van der Waals surface area contributed by atoms with Gasteiger partial charge in [0.2, 0.25) is 5.91 Å². The summed E-state index contributed by atoms with van der Waals surface area (Å²) in [4.78, 5) is 42.1. The highest BCUT2D eigenvalue weighted by Gasteiger charge is 2.54. The lowest BCUT2D eigenvalue weighted by Crippen LogP contribution is -2.71. The number of phosphoric acid groups is 1. The van der Waals surface area contributed by atoms with Crippen molar-refractivity contribution in [2.24, 2.45) is 5.73 Å². The summed E-state index contributed by atoms with van der Waals surface area (Å²) in [6, 6.07) is 0.786. The van der Waals surface area contributed by atoms with Crippen LogP contribution in [-0.4, -0.2) is 104 Å². The predicted octanol–water partition coefficient (Wildman–Crippen LogP) is -2.52. The summed E-state index contributed by atoms with van der Waals surface area (Å²) < 4.78 is 64.1. The smallest absolute Gasteiger partial charge is 0.383 e. The molecule has 5 unspecified atom stereocenters. The Morgan fingerprint density at radius 2 is 1.95 bits per heavy atom. The quantitative estimate of drug-likeness (QED) is 0.152. The molecule has 0 radical (unpaired) electrons. The second kappa shape index (κ2) is 11.5. The molecule has 24 heteroatoms. The molecule has 5 fully saturated rings. The van der Waals surface area contributed by atoms with Gasteiger partial charge in [0.25, 0.3) is 0 Å². The van der Waals surface area contributed by atoms with Crippen molar-refractivity contribution in [1.82, 2.24) is 41.1 Å². The van der Waals surface area contributed by atoms with Gasteiger partial charge in [-0.3, -0.25) is 24.9 Å². The molecule has 7 rings (SSSR count). The molecule has 0 aliphatic carbocycles. The van der Waals surface area contributed by atoms with E-state index in [0.29, 0.717) is 5.39 Å². The van der Waals surface area contributed by atoms with Gasteiger partial charge in [-0.05, 0) is 17.9 Å². The second-order valence-electron chi connectivity index (χ2n) is 10.6. The molecule has 2 bridgehead atoms. The normalized spacial score (nSPS) is 45.2. The molecule has 44 heavy (non-hydrogen) atoms. The molecule has 5 aliphatic heterocycles. The van der Waals surface area contributed by atoms with E-state index in [4.69, 9.17) is 50.8 Å². The fourth-order valence-corrected chi connectivity index (χ4v) is 8.21. The molecule has 20 nitrogen and oxygen atoms in total. The Balaban J connectivity index is 1.14. The number of ether oxygens (including phenoxy) is 2. The number of halogens is 1. The van der Waals surface area contributed by atoms with E-state index < -0.39 is 89.3 Å². The molecule has 10 N–H and O–H groups in total. The highest BCUT2D eigenvalue weighted by Crippen LogP contribution is 2.53. The van der Waals surface area contributed by atoms with Gasteiger partial charge in [-0.1, -0.05) is 0 Å². The minimum atomic E-state index is -4.92. The summed E-state index contributed by atoms with van der Waals surface area (Å²) >= 11 is 5.27. The van der Waals surface area contributed by atoms with Crippen LogP contribution >= 0.6 is 14.5 Å². The van der Waals surface area contributed by atoms with Gasteiger partial charge in [0.1, 0.15) is 54.6 Å². The summed E-state index contributed by atoms with van der Waals surface area (Å²) in [5.41, 5.74) is 17.7. The molecule has 2 aromatic heterocycles. The number of carbonyl (C=O) groups excluding carboxylic acids is 1. The van der Waals surface area contributed by atoms with Crippen molar-refractivity contribution < 1.29 is 51.1 Å². The Morgan fingerprint density at radius 3 is 2.77 bits per heavy atom. The van der Waals surface area contributed by atoms with Crippen LogP contribution in [-0.2, 0) is 48.7 Å². The van der Waals surface area contributed by atoms with Crippen molar-refractivity contribution in [3.63, 3.8) is 0 Å². The first-order valence-electron chi connectivity index (χ1n) is 13.3. The molecule has 0 aromatic carbocycles. The Hall–Kier alpha value is -1.82. The third-order valence-electron chi connectivity index (χ3n) is 7.74. The van der Waals surface area contributed by atoms with Gasteiger partial charge in [0.15, 0.2) is 18.6 Å². The van der Waals surface area contributed by atoms with Crippen molar-refractivity contribution in [2.45, 2.75) is 68.0 Å². The first-order valence-corrected chi connectivity index (χ1v) is 17.4. The highest BCUT2D eigenvalue weighted by atomic mass is 32.5. The van der Waals surface area contributed by atoms with E-state index in [1.165, 1.54) is 22.1 Å². The van der Waals surface area contributed by atoms with Crippen molar-refractivity contribution in [2.75, 3.05) is 18.9 Å². The lowest BCUT2D eigenvalue weighted by atomic mass is 10.1. The van der Waals surface area contributed by atoms with Crippen LogP contribution in [0.1, 0.15) is 12.6 Å². The second-order valence-corrected chi connectivity index (χ2v) is 14.8. The molecule has 5 aliphatic rings. The van der Waals surface area contributed by atoms with Crippen LogP contribution in [0.5, 0.6) is 0 Å². The van der Waals surface area contributed by atoms with Crippen molar-refractivity contribution in [1.29, 1.82) is 0 Å². The zero-order chi connectivity index (χ0) is 31.0. The average molecular weight is 683 g/mol. The van der Waals surface area contributed by atoms with Crippen molar-refractivity contribution >= 4 is 49.1 Å². The van der Waals surface area contributed by atoms with Crippen LogP contribution in [0.15, 0.2) is 18.6 Å². The Labute approximate surface area is 252 Å². The number of nitrogens with zero attached hydrogens (tertiary/aromatic N) is 4. The van der Waals surface area contributed by atoms with Crippen LogP contribution < -0.4 is 33.1 Å². The third kappa shape index (κ3) is 5.68. The van der Waals surface area contributed by atoms with Crippen LogP contribution in [0, 0.1) is 0 Å². The summed E-state index contributed by atoms with van der Waals surface area (Å²) in [5.74, 6) is -0.228. The maximum atomic E-state index is 15.9. The molecular formula is C20H29FN10O10P2S. The summed E-state index contributed by atoms with van der Waals surface area (Å²) in [6.45, 7) is -5.16. The monoisotopic (exact) mass is 682 g/mol. The number of hydrogen-bond acceptors (Lipinski definition) is 17. The van der Waals surface area contributed by atoms with Crippen LogP contribution in [0.25, 0.3) is 11.0 Å². The van der Waals surface area contributed by atoms with E-state index in [1.807, 2.05) is 0 Å². The average Bonchev–Trinajstić information content (AvgIpc) is 3.72. The molecule has 7 heterocycles. The highest BCUT2D eigenvalue weighted by molar-refractivity contribution is 8.07. The fourth-order valence-electron chi connectivity index (χ4n) is 5.80. The number of aromatic nitrogens is 3. The van der Waals surface area contributed by atoms with E-state index in [0.717, 1.165) is 0 Å². The third-order valence-corrected chi connectivity index (χ3v) is 10.3. The first-order chi connectivity index (χ1) is 20.9. The number of alkyl halides is 1. The van der Waals surface area contributed by atoms with Crippen LogP contribution in [0.4, 0.5) is 10.2 Å². The largest absolute Gasteiger partial charge is 0.472 e. The van der Waals surface area contributed by atoms with Gasteiger partial charge >= 0.3 is 14.5 Å². The summed E-state index contributed by atoms with van der Waals surface area (Å²) in [7, 11) is -4.92. The Morgan fingerprint density at radius 1 is 1.14 bits per heavy atom. The van der Waals surface area contributed by atoms with Gasteiger partial charge in [0, 0.05) is 12.6 Å². The molecule has 12 atom stereocenters. The molecule has 0 spiro atoms. The number of hydrogen-bond donors (Lipinski definition) is 8. The van der Waals surface area contributed by atoms with Gasteiger partial charge in [-0.2, -0.15) is 10.5 Å². The van der Waals surface area contributed by atoms with E-state index in [2.05, 4.69) is 31.6 Å². The standard InChI is InChI=1S/C20H29FN10O10P2S/c21-11-13-10(39-19(11)30-2-1-8-14(22)24-6-25-15(8)30)5-37-43(35,44)40-9-3-7(4-36-42(33,34)41-13)38-18(9)31-16-12(28-29-31)17(32)27-20(23)26-16/h1-2,6-7,9-13,16,18-20,26,28-29H,3-5,23H2,(H,27,32)(H,33,34)(H,35,44)(H2,22,24,25)/t7-,9+,10+,11-,12?,13+,16?,18+,19+,20?,43?/m0/s1. The van der Waals surface area contributed by atoms with Gasteiger partial charge in [-0.25, -0.2) is 24.3 Å². The van der Waals surface area contributed by atoms with Crippen LogP contribution in [0.2, 0.25) is 0 Å². The number of hydrazine groups is 2. The SMILES string of the molecule is Nc1ncnc2c1ccn2[C@@H]1O[C@@H]2COP(O)(=S)O[C@@H]3C[C@@H](COP(=O)(O)O[C@H]2[C@@H]1F)O[C@H]3N1NNC2C(=O)NC(N)NC21. The number of nitrogens with two attached hydrogens (primary N) is 2. The lowest BCUT2D eigenvalue weighted by molar-refractivity contribution is -0.138. The molecule has 2 aromatic rings. The van der Waals surface area contributed by atoms with Gasteiger partial charge in [-0.15, -0.1) is 0 Å². The topological polar surface area (TPSA) is 264 Å². The number of nitrogen functional groups attached to an aromatic ring is 1. The Kier molecular flexibility index (Phi) is 8.02. The van der Waals surface area contributed by atoms with E-state index in [-0.39, 0.29) is 23.8 Å². The van der Waals surface area contributed by atoms with Crippen LogP contribution in [0.3, 0.4) is 0 Å². The number of phosphoric ester groups is 1. The minimum absolute atomic E-state index is 0.0175. The predicted molar refractivity (Wildman–Crippen MR) is 147 cm³/mol. The van der Waals surface area contributed by atoms with Crippen molar-refractivity contribution in [3.8, 4) is 0 Å². The zero-order valence-corrected chi connectivity index (χ0v) is 25.0. The zero-order valence-electron chi connectivity index (χ0n) is 22.4. The van der Waals surface area contributed by atoms with E-state index in [1.54, 1.807) is 6.07 Å². The molecular weight excluding hydrogens is 653 g/mol. The molecule has 5 saturated heterocycles. The maximum absolute atomic E-state index is 15.9. The molecule has 1 amide bonds. The number of nitrogens with one attached hydrogen (secondary N) is 4. The summed E-state index contributed by atoms with van der Waals surface area (Å²) in [5, 5.41) is 7.43. The van der Waals surface area contributed by atoms with Crippen molar-refractivity contribution in [3.05, 3.63) is 18.6 Å². The van der Waals surface area contributed by atoms with E-state index in [9.17, 15) is 19.1 Å². The fraction of sp³-hybridized carbons (Fsp3) is 0.650.